The number of halogens is 1. The number of hydrogen-bond acceptors (Lipinski definition) is 0. The highest BCUT2D eigenvalue weighted by Gasteiger charge is 1.82. The highest BCUT2D eigenvalue weighted by molar-refractivity contribution is 9.11. The summed E-state index contributed by atoms with van der Waals surface area (Å²) in [6.45, 7) is 9.20. The van der Waals surface area contributed by atoms with Gasteiger partial charge in [-0.05, 0) is 13.0 Å². The van der Waals surface area contributed by atoms with E-state index in [-0.39, 0.29) is 0 Å². The van der Waals surface area contributed by atoms with Crippen LogP contribution in [0.1, 0.15) is 6.92 Å². The summed E-state index contributed by atoms with van der Waals surface area (Å²) in [6.07, 6.45) is 7.43. The summed E-state index contributed by atoms with van der Waals surface area (Å²) < 4.78 is 0.989. The summed E-state index contributed by atoms with van der Waals surface area (Å²) in [5.74, 6) is 0. The lowest BCUT2D eigenvalue weighted by Gasteiger charge is -1.89. The van der Waals surface area contributed by atoms with Crippen LogP contribution in [-0.2, 0) is 0 Å². The van der Waals surface area contributed by atoms with E-state index in [2.05, 4.69) is 29.1 Å². The Balaban J connectivity index is 4.24. The highest BCUT2D eigenvalue weighted by Crippen LogP contribution is 2.09. The first-order valence-electron chi connectivity index (χ1n) is 2.99. The van der Waals surface area contributed by atoms with Crippen molar-refractivity contribution in [3.05, 3.63) is 47.5 Å². The second kappa shape index (κ2) is 5.24. The van der Waals surface area contributed by atoms with Gasteiger partial charge in [-0.3, -0.25) is 0 Å². The van der Waals surface area contributed by atoms with E-state index < -0.39 is 0 Å². The smallest absolute Gasteiger partial charge is 0.0172 e. The fourth-order valence-electron chi connectivity index (χ4n) is 0.510. The van der Waals surface area contributed by atoms with E-state index in [0.29, 0.717) is 0 Å². The maximum absolute atomic E-state index is 3.61. The summed E-state index contributed by atoms with van der Waals surface area (Å²) in [5.41, 5.74) is 1.15. The first kappa shape index (κ1) is 9.44. The Kier molecular flexibility index (Phi) is 4.95. The zero-order valence-corrected chi connectivity index (χ0v) is 7.69. The van der Waals surface area contributed by atoms with Crippen LogP contribution in [-0.4, -0.2) is 0 Å². The van der Waals surface area contributed by atoms with Crippen LogP contribution >= 0.6 is 15.9 Å². The summed E-state index contributed by atoms with van der Waals surface area (Å²) in [7, 11) is 0. The molecule has 0 aromatic carbocycles. The molecule has 0 fully saturated rings. The average molecular weight is 199 g/mol. The second-order valence-corrected chi connectivity index (χ2v) is 2.80. The third kappa shape index (κ3) is 4.33. The molecule has 0 radical (unpaired) electrons. The monoisotopic (exact) mass is 198 g/mol. The molecule has 10 heavy (non-hydrogen) atoms. The van der Waals surface area contributed by atoms with Gasteiger partial charge in [0.1, 0.15) is 0 Å². The van der Waals surface area contributed by atoms with Crippen molar-refractivity contribution in [2.75, 3.05) is 0 Å². The van der Waals surface area contributed by atoms with Gasteiger partial charge < -0.3 is 0 Å². The first-order chi connectivity index (χ1) is 4.70. The second-order valence-electron chi connectivity index (χ2n) is 1.88. The van der Waals surface area contributed by atoms with E-state index in [1.165, 1.54) is 0 Å². The lowest BCUT2D eigenvalue weighted by atomic mass is 10.2. The molecular formula is C9H11Br. The standard InChI is InChI=1S/C9H11Br/c1-4-6-8(3)7-9(10)5-2/h4-7H,1-2H2,3H3/b8-6-,9-7+. The molecule has 0 unspecified atom stereocenters. The Morgan fingerprint density at radius 2 is 2.00 bits per heavy atom. The Bertz CT molecular complexity index is 185. The molecule has 0 amide bonds. The van der Waals surface area contributed by atoms with Crippen LogP contribution in [0, 0.1) is 0 Å². The normalized spacial score (nSPS) is 13.0. The van der Waals surface area contributed by atoms with Crippen LogP contribution in [0.25, 0.3) is 0 Å². The van der Waals surface area contributed by atoms with Gasteiger partial charge in [-0.1, -0.05) is 52.9 Å². The lowest BCUT2D eigenvalue weighted by Crippen LogP contribution is -1.67. The van der Waals surface area contributed by atoms with Crippen molar-refractivity contribution in [1.82, 2.24) is 0 Å². The molecular weight excluding hydrogens is 188 g/mol. The van der Waals surface area contributed by atoms with Gasteiger partial charge in [0.05, 0.1) is 0 Å². The van der Waals surface area contributed by atoms with Crippen molar-refractivity contribution in [2.24, 2.45) is 0 Å². The first-order valence-corrected chi connectivity index (χ1v) is 3.79. The fraction of sp³-hybridized carbons (Fsp3) is 0.111. The zero-order valence-electron chi connectivity index (χ0n) is 6.10. The minimum Gasteiger partial charge on any atom is -0.0991 e. The fourth-order valence-corrected chi connectivity index (χ4v) is 0.872. The van der Waals surface area contributed by atoms with E-state index in [1.807, 2.05) is 19.1 Å². The van der Waals surface area contributed by atoms with Crippen LogP contribution in [0.4, 0.5) is 0 Å². The topological polar surface area (TPSA) is 0 Å². The summed E-state index contributed by atoms with van der Waals surface area (Å²) in [4.78, 5) is 0. The Morgan fingerprint density at radius 3 is 2.40 bits per heavy atom. The average Bonchev–Trinajstić information content (AvgIpc) is 1.88. The van der Waals surface area contributed by atoms with Crippen LogP contribution in [0.15, 0.2) is 47.5 Å². The highest BCUT2D eigenvalue weighted by atomic mass is 79.9. The summed E-state index contributed by atoms with van der Waals surface area (Å²) in [5, 5.41) is 0. The molecule has 0 nitrogen and oxygen atoms in total. The van der Waals surface area contributed by atoms with Crippen LogP contribution in [0.5, 0.6) is 0 Å². The maximum Gasteiger partial charge on any atom is 0.0172 e. The molecule has 0 heterocycles. The van der Waals surface area contributed by atoms with Crippen molar-refractivity contribution >= 4 is 15.9 Å². The van der Waals surface area contributed by atoms with Crippen LogP contribution in [0.3, 0.4) is 0 Å². The van der Waals surface area contributed by atoms with Gasteiger partial charge in [0, 0.05) is 4.48 Å². The van der Waals surface area contributed by atoms with Crippen molar-refractivity contribution in [2.45, 2.75) is 6.92 Å². The van der Waals surface area contributed by atoms with Crippen molar-refractivity contribution in [3.63, 3.8) is 0 Å². The summed E-state index contributed by atoms with van der Waals surface area (Å²) in [6, 6.07) is 0. The molecule has 0 bridgehead atoms. The van der Waals surface area contributed by atoms with Crippen molar-refractivity contribution < 1.29 is 0 Å². The predicted molar refractivity (Wildman–Crippen MR) is 51.2 cm³/mol. The molecule has 0 atom stereocenters. The van der Waals surface area contributed by atoms with E-state index >= 15 is 0 Å². The Hall–Kier alpha value is -0.560. The van der Waals surface area contributed by atoms with E-state index in [1.54, 1.807) is 12.2 Å². The maximum atomic E-state index is 3.61. The number of rotatable bonds is 3. The third-order valence-electron chi connectivity index (χ3n) is 0.941. The molecule has 0 spiro atoms. The van der Waals surface area contributed by atoms with E-state index in [9.17, 15) is 0 Å². The molecule has 0 aromatic heterocycles. The Labute approximate surface area is 70.8 Å². The molecule has 0 N–H and O–H groups in total. The SMILES string of the molecule is C=C/C=C(C)\C=C(\Br)C=C. The molecule has 0 aliphatic heterocycles. The van der Waals surface area contributed by atoms with E-state index in [0.717, 1.165) is 10.1 Å². The molecule has 0 saturated carbocycles. The minimum atomic E-state index is 0.989. The van der Waals surface area contributed by atoms with Crippen LogP contribution in [0.2, 0.25) is 0 Å². The molecule has 0 aliphatic rings. The predicted octanol–water partition coefficient (Wildman–Crippen LogP) is 3.58. The lowest BCUT2D eigenvalue weighted by molar-refractivity contribution is 1.52. The van der Waals surface area contributed by atoms with E-state index in [4.69, 9.17) is 0 Å². The van der Waals surface area contributed by atoms with Gasteiger partial charge >= 0.3 is 0 Å². The van der Waals surface area contributed by atoms with Crippen molar-refractivity contribution in [3.8, 4) is 0 Å². The number of hydrogen-bond donors (Lipinski definition) is 0. The molecule has 0 rings (SSSR count). The van der Waals surface area contributed by atoms with Gasteiger partial charge in [-0.25, -0.2) is 0 Å². The quantitative estimate of drug-likeness (QED) is 0.609. The molecule has 1 heteroatoms. The van der Waals surface area contributed by atoms with Crippen LogP contribution < -0.4 is 0 Å². The summed E-state index contributed by atoms with van der Waals surface area (Å²) >= 11 is 3.32. The zero-order chi connectivity index (χ0) is 7.98. The van der Waals surface area contributed by atoms with Crippen molar-refractivity contribution in [1.29, 1.82) is 0 Å². The van der Waals surface area contributed by atoms with Gasteiger partial charge in [-0.2, -0.15) is 0 Å². The van der Waals surface area contributed by atoms with Gasteiger partial charge in [0.15, 0.2) is 0 Å². The van der Waals surface area contributed by atoms with Gasteiger partial charge in [-0.15, -0.1) is 0 Å². The minimum absolute atomic E-state index is 0.989. The molecule has 54 valence electrons. The van der Waals surface area contributed by atoms with Gasteiger partial charge in [0.25, 0.3) is 0 Å². The molecule has 0 saturated heterocycles. The van der Waals surface area contributed by atoms with Gasteiger partial charge in [0.2, 0.25) is 0 Å². The Morgan fingerprint density at radius 1 is 1.40 bits per heavy atom. The molecule has 0 aliphatic carbocycles. The molecule has 0 aromatic rings. The largest absolute Gasteiger partial charge is 0.0991 e. The third-order valence-corrected chi connectivity index (χ3v) is 1.49. The number of allylic oxidation sites excluding steroid dienone is 6.